The van der Waals surface area contributed by atoms with Gasteiger partial charge in [-0.1, -0.05) is 6.92 Å². The second-order valence-corrected chi connectivity index (χ2v) is 9.56. The molecule has 0 unspecified atom stereocenters. The molecule has 1 fully saturated rings. The minimum Gasteiger partial charge on any atom is -0.462 e. The molecule has 0 spiro atoms. The van der Waals surface area contributed by atoms with Gasteiger partial charge >= 0.3 is 12.1 Å². The van der Waals surface area contributed by atoms with Gasteiger partial charge in [0.05, 0.1) is 24.5 Å². The first-order valence-electron chi connectivity index (χ1n) is 9.87. The molecule has 35 heavy (non-hydrogen) atoms. The Labute approximate surface area is 233 Å². The van der Waals surface area contributed by atoms with Crippen molar-refractivity contribution in [2.45, 2.75) is 33.1 Å². The summed E-state index contributed by atoms with van der Waals surface area (Å²) in [6.45, 7) is 5.38. The van der Waals surface area contributed by atoms with E-state index < -0.39 is 34.8 Å². The molecule has 1 heterocycles. The molecule has 0 radical (unpaired) electrons. The number of hydrogen-bond acceptors (Lipinski definition) is 5. The zero-order valence-corrected chi connectivity index (χ0v) is 24.8. The number of benzene rings is 2. The van der Waals surface area contributed by atoms with Crippen molar-refractivity contribution in [3.05, 3.63) is 64.4 Å². The molecule has 0 bridgehead atoms. The van der Waals surface area contributed by atoms with E-state index in [1.165, 1.54) is 12.8 Å². The third kappa shape index (κ3) is 11.2. The van der Waals surface area contributed by atoms with Gasteiger partial charge in [0.15, 0.2) is 5.82 Å². The van der Waals surface area contributed by atoms with Gasteiger partial charge in [-0.2, -0.15) is 9.59 Å². The minimum absolute atomic E-state index is 0.0382. The molecular weight excluding hydrogens is 740 g/mol. The van der Waals surface area contributed by atoms with E-state index in [1.807, 2.05) is 0 Å². The predicted octanol–water partition coefficient (Wildman–Crippen LogP) is 7.93. The van der Waals surface area contributed by atoms with Crippen LogP contribution in [-0.2, 0) is 25.5 Å². The Morgan fingerprint density at radius 1 is 0.914 bits per heavy atom. The number of halogens is 8. The Hall–Kier alpha value is -1.11. The largest absolute Gasteiger partial charge is 0.462 e. The fourth-order valence-corrected chi connectivity index (χ4v) is 4.24. The maximum Gasteiger partial charge on any atom is 0.373 e. The van der Waals surface area contributed by atoms with E-state index in [0.717, 1.165) is 25.3 Å². The molecule has 0 atom stereocenters. The van der Waals surface area contributed by atoms with E-state index in [-0.39, 0.29) is 36.2 Å². The summed E-state index contributed by atoms with van der Waals surface area (Å²) < 4.78 is 62.5. The highest BCUT2D eigenvalue weighted by atomic mass is 79.9. The van der Waals surface area contributed by atoms with E-state index in [0.29, 0.717) is 6.42 Å². The van der Waals surface area contributed by atoms with Crippen LogP contribution < -0.4 is 0 Å². The van der Waals surface area contributed by atoms with Crippen LogP contribution in [0.4, 0.5) is 17.6 Å². The molecule has 0 amide bonds. The van der Waals surface area contributed by atoms with Gasteiger partial charge in [0.1, 0.15) is 23.0 Å². The summed E-state index contributed by atoms with van der Waals surface area (Å²) in [5, 5.41) is 0. The zero-order valence-electron chi connectivity index (χ0n) is 18.5. The van der Waals surface area contributed by atoms with Gasteiger partial charge in [-0.15, -0.1) is 0 Å². The summed E-state index contributed by atoms with van der Waals surface area (Å²) in [6, 6.07) is 2.14. The Morgan fingerprint density at radius 2 is 1.37 bits per heavy atom. The molecule has 0 aromatic heterocycles. The average Bonchev–Trinajstić information content (AvgIpc) is 3.39. The molecule has 0 saturated carbocycles. The van der Waals surface area contributed by atoms with Gasteiger partial charge in [-0.05, 0) is 102 Å². The smallest absolute Gasteiger partial charge is 0.373 e. The maximum absolute atomic E-state index is 13.9. The molecule has 2 aromatic rings. The number of carbonyl (C=O) groups is 1. The van der Waals surface area contributed by atoms with Gasteiger partial charge < -0.3 is 9.47 Å². The lowest BCUT2D eigenvalue weighted by molar-refractivity contribution is -0.191. The van der Waals surface area contributed by atoms with Gasteiger partial charge in [0, 0.05) is 18.8 Å². The summed E-state index contributed by atoms with van der Waals surface area (Å²) >= 11 is 11.5. The molecule has 13 heteroatoms. The van der Waals surface area contributed by atoms with E-state index in [1.54, 1.807) is 13.8 Å². The first-order chi connectivity index (χ1) is 16.5. The van der Waals surface area contributed by atoms with Crippen molar-refractivity contribution in [2.24, 2.45) is 0 Å². The molecule has 1 saturated heterocycles. The molecule has 1 aliphatic heterocycles. The van der Waals surface area contributed by atoms with Crippen LogP contribution >= 0.6 is 63.7 Å². The van der Waals surface area contributed by atoms with Crippen LogP contribution in [0.3, 0.4) is 0 Å². The van der Waals surface area contributed by atoms with Crippen molar-refractivity contribution in [3.8, 4) is 0 Å². The Kier molecular flexibility index (Phi) is 17.6. The third-order valence-corrected chi connectivity index (χ3v) is 6.76. The van der Waals surface area contributed by atoms with Crippen LogP contribution in [0.25, 0.3) is 0 Å². The van der Waals surface area contributed by atoms with Gasteiger partial charge in [-0.25, -0.2) is 22.4 Å². The number of hydrogen-bond donors (Lipinski definition) is 0. The maximum atomic E-state index is 13.9. The summed E-state index contributed by atoms with van der Waals surface area (Å²) in [4.78, 5) is 27.8. The molecule has 0 aliphatic carbocycles. The van der Waals surface area contributed by atoms with Crippen LogP contribution in [-0.4, -0.2) is 31.9 Å². The van der Waals surface area contributed by atoms with E-state index >= 15 is 0 Å². The van der Waals surface area contributed by atoms with Crippen molar-refractivity contribution < 1.29 is 41.4 Å². The zero-order chi connectivity index (χ0) is 27.1. The molecule has 194 valence electrons. The monoisotopic (exact) mass is 756 g/mol. The lowest BCUT2D eigenvalue weighted by Gasteiger charge is -2.12. The number of ether oxygens (including phenoxy) is 2. The lowest BCUT2D eigenvalue weighted by atomic mass is 10.1. The van der Waals surface area contributed by atoms with Crippen LogP contribution in [0.1, 0.15) is 42.6 Å². The van der Waals surface area contributed by atoms with Gasteiger partial charge in [-0.3, -0.25) is 0 Å². The molecule has 5 nitrogen and oxygen atoms in total. The Bertz CT molecular complexity index is 941. The van der Waals surface area contributed by atoms with Crippen molar-refractivity contribution in [3.63, 3.8) is 0 Å². The fourth-order valence-electron chi connectivity index (χ4n) is 2.38. The highest BCUT2D eigenvalue weighted by molar-refractivity contribution is 9.11. The van der Waals surface area contributed by atoms with Crippen LogP contribution in [0.2, 0.25) is 0 Å². The molecule has 1 aliphatic rings. The van der Waals surface area contributed by atoms with Crippen molar-refractivity contribution in [2.75, 3.05) is 19.8 Å². The molecular formula is C22H20Br4F4O5. The standard InChI is InChI=1S/C11H10Br2F2O2.C6H2Br2F2.C4H8O.CO2/c1-3-5-7(12)10(15)6(8(13)9(5)14)11(16)17-4-2;7-3-1-5(9)4(8)2-6(3)10;1-2-4-5-3-1;2-1-3/h3-4H2,1-2H3;1-2H;1-4H2;. The summed E-state index contributed by atoms with van der Waals surface area (Å²) in [7, 11) is 0. The topological polar surface area (TPSA) is 69.7 Å². The molecule has 0 N–H and O–H groups in total. The predicted molar refractivity (Wildman–Crippen MR) is 134 cm³/mol. The van der Waals surface area contributed by atoms with E-state index in [2.05, 4.69) is 68.5 Å². The van der Waals surface area contributed by atoms with Crippen molar-refractivity contribution in [1.82, 2.24) is 0 Å². The third-order valence-electron chi connectivity index (χ3n) is 3.98. The van der Waals surface area contributed by atoms with E-state index in [9.17, 15) is 22.4 Å². The summed E-state index contributed by atoms with van der Waals surface area (Å²) in [5.74, 6) is -3.31. The number of rotatable bonds is 3. The average molecular weight is 760 g/mol. The second-order valence-electron chi connectivity index (χ2n) is 6.27. The van der Waals surface area contributed by atoms with E-state index in [4.69, 9.17) is 14.3 Å². The SMILES string of the molecule is C1CCOC1.CCOC(=O)c1c(F)c(Br)c(CC)c(F)c1Br.Fc1cc(Br)c(F)cc1Br.O=C=O. The Balaban J connectivity index is 0.000000535. The minimum atomic E-state index is -0.890. The first kappa shape index (κ1) is 33.9. The number of carbonyl (C=O) groups excluding carboxylic acids is 3. The second kappa shape index (κ2) is 18.2. The Morgan fingerprint density at radius 3 is 1.71 bits per heavy atom. The lowest BCUT2D eigenvalue weighted by Crippen LogP contribution is -2.11. The number of esters is 1. The van der Waals surface area contributed by atoms with Crippen molar-refractivity contribution in [1.29, 1.82) is 0 Å². The summed E-state index contributed by atoms with van der Waals surface area (Å²) in [6.07, 6.45) is 3.12. The highest BCUT2D eigenvalue weighted by Crippen LogP contribution is 2.34. The van der Waals surface area contributed by atoms with Crippen LogP contribution in [0.5, 0.6) is 0 Å². The fraction of sp³-hybridized carbons (Fsp3) is 0.364. The van der Waals surface area contributed by atoms with Gasteiger partial charge in [0.25, 0.3) is 0 Å². The highest BCUT2D eigenvalue weighted by Gasteiger charge is 2.26. The van der Waals surface area contributed by atoms with Crippen molar-refractivity contribution >= 4 is 75.8 Å². The summed E-state index contributed by atoms with van der Waals surface area (Å²) in [5.41, 5.74) is -0.240. The quantitative estimate of drug-likeness (QED) is 0.181. The molecule has 3 rings (SSSR count). The van der Waals surface area contributed by atoms with Crippen LogP contribution in [0.15, 0.2) is 30.0 Å². The molecule has 2 aromatic carbocycles. The normalized spacial score (nSPS) is 11.6. The first-order valence-corrected chi connectivity index (χ1v) is 13.0. The van der Waals surface area contributed by atoms with Gasteiger partial charge in [0.2, 0.25) is 0 Å². The van der Waals surface area contributed by atoms with Crippen LogP contribution in [0, 0.1) is 23.3 Å².